The SMILES string of the molecule is C=CCSc1nc2c(c(=O)n1-c1cccc(OC)c1)SCC2. The summed E-state index contributed by atoms with van der Waals surface area (Å²) >= 11 is 3.11. The number of nitrogens with zero attached hydrogens (tertiary/aromatic N) is 2. The van der Waals surface area contributed by atoms with Crippen molar-refractivity contribution in [3.05, 3.63) is 53.0 Å². The van der Waals surface area contributed by atoms with Crippen molar-refractivity contribution >= 4 is 23.5 Å². The molecule has 3 rings (SSSR count). The largest absolute Gasteiger partial charge is 0.497 e. The lowest BCUT2D eigenvalue weighted by molar-refractivity contribution is 0.414. The Labute approximate surface area is 137 Å². The van der Waals surface area contributed by atoms with Crippen molar-refractivity contribution in [1.82, 2.24) is 9.55 Å². The normalized spacial score (nSPS) is 13.0. The molecule has 0 bridgehead atoms. The van der Waals surface area contributed by atoms with Crippen LogP contribution >= 0.6 is 23.5 Å². The van der Waals surface area contributed by atoms with Gasteiger partial charge in [0.1, 0.15) is 5.75 Å². The summed E-state index contributed by atoms with van der Waals surface area (Å²) in [5.74, 6) is 2.35. The van der Waals surface area contributed by atoms with Crippen molar-refractivity contribution in [3.8, 4) is 11.4 Å². The van der Waals surface area contributed by atoms with Crippen LogP contribution in [0.3, 0.4) is 0 Å². The molecule has 2 heterocycles. The van der Waals surface area contributed by atoms with E-state index in [1.54, 1.807) is 23.4 Å². The minimum absolute atomic E-state index is 0.00677. The molecule has 0 saturated heterocycles. The number of benzene rings is 1. The van der Waals surface area contributed by atoms with Gasteiger partial charge in [-0.05, 0) is 12.1 Å². The zero-order chi connectivity index (χ0) is 15.5. The van der Waals surface area contributed by atoms with Crippen LogP contribution < -0.4 is 10.3 Å². The van der Waals surface area contributed by atoms with E-state index < -0.39 is 0 Å². The average Bonchev–Trinajstić information content (AvgIpc) is 3.02. The number of thioether (sulfide) groups is 2. The second kappa shape index (κ2) is 6.62. The smallest absolute Gasteiger partial charge is 0.272 e. The number of ether oxygens (including phenoxy) is 1. The van der Waals surface area contributed by atoms with E-state index in [4.69, 9.17) is 9.72 Å². The third-order valence-corrected chi connectivity index (χ3v) is 5.35. The van der Waals surface area contributed by atoms with E-state index in [0.29, 0.717) is 10.9 Å². The first-order chi connectivity index (χ1) is 10.7. The Balaban J connectivity index is 2.19. The lowest BCUT2D eigenvalue weighted by Gasteiger charge is -2.13. The zero-order valence-electron chi connectivity index (χ0n) is 12.2. The summed E-state index contributed by atoms with van der Waals surface area (Å²) in [6.45, 7) is 3.74. The minimum Gasteiger partial charge on any atom is -0.497 e. The van der Waals surface area contributed by atoms with E-state index in [-0.39, 0.29) is 5.56 Å². The molecule has 0 saturated carbocycles. The monoisotopic (exact) mass is 332 g/mol. The van der Waals surface area contributed by atoms with Crippen LogP contribution in [-0.2, 0) is 6.42 Å². The third kappa shape index (κ3) is 2.80. The number of methoxy groups -OCH3 is 1. The van der Waals surface area contributed by atoms with Crippen molar-refractivity contribution < 1.29 is 4.74 Å². The Morgan fingerprint density at radius 3 is 3.18 bits per heavy atom. The molecule has 6 heteroatoms. The number of fused-ring (bicyclic) bond motifs is 1. The standard InChI is InChI=1S/C16H16N2O2S2/c1-3-8-22-16-17-13-7-9-21-14(13)15(19)18(16)11-5-4-6-12(10-11)20-2/h3-6,10H,1,7-9H2,2H3. The first kappa shape index (κ1) is 15.2. The van der Waals surface area contributed by atoms with Crippen LogP contribution in [0, 0.1) is 0 Å². The number of hydrogen-bond donors (Lipinski definition) is 0. The summed E-state index contributed by atoms with van der Waals surface area (Å²) in [6.07, 6.45) is 2.67. The van der Waals surface area contributed by atoms with Gasteiger partial charge in [-0.15, -0.1) is 18.3 Å². The van der Waals surface area contributed by atoms with E-state index in [2.05, 4.69) is 6.58 Å². The van der Waals surface area contributed by atoms with Crippen molar-refractivity contribution in [2.24, 2.45) is 0 Å². The second-order valence-corrected chi connectivity index (χ2v) is 6.80. The Bertz CT molecular complexity index is 771. The van der Waals surface area contributed by atoms with Crippen molar-refractivity contribution in [2.75, 3.05) is 18.6 Å². The summed E-state index contributed by atoms with van der Waals surface area (Å²) in [7, 11) is 1.62. The lowest BCUT2D eigenvalue weighted by Crippen LogP contribution is -2.23. The molecule has 0 aliphatic carbocycles. The summed E-state index contributed by atoms with van der Waals surface area (Å²) in [5, 5.41) is 0.708. The van der Waals surface area contributed by atoms with Gasteiger partial charge >= 0.3 is 0 Å². The topological polar surface area (TPSA) is 44.1 Å². The van der Waals surface area contributed by atoms with Gasteiger partial charge < -0.3 is 4.74 Å². The van der Waals surface area contributed by atoms with Gasteiger partial charge in [-0.25, -0.2) is 4.98 Å². The second-order valence-electron chi connectivity index (χ2n) is 4.71. The molecular formula is C16H16N2O2S2. The van der Waals surface area contributed by atoms with Gasteiger partial charge in [0.15, 0.2) is 5.16 Å². The fourth-order valence-electron chi connectivity index (χ4n) is 2.30. The van der Waals surface area contributed by atoms with Crippen molar-refractivity contribution in [2.45, 2.75) is 16.5 Å². The van der Waals surface area contributed by atoms with Crippen LogP contribution in [0.15, 0.2) is 51.8 Å². The molecule has 4 nitrogen and oxygen atoms in total. The third-order valence-electron chi connectivity index (χ3n) is 3.31. The van der Waals surface area contributed by atoms with E-state index in [0.717, 1.165) is 34.2 Å². The van der Waals surface area contributed by atoms with Gasteiger partial charge in [-0.2, -0.15) is 0 Å². The lowest BCUT2D eigenvalue weighted by atomic mass is 10.3. The van der Waals surface area contributed by atoms with Gasteiger partial charge in [-0.3, -0.25) is 9.36 Å². The highest BCUT2D eigenvalue weighted by Crippen LogP contribution is 2.30. The highest BCUT2D eigenvalue weighted by Gasteiger charge is 2.22. The van der Waals surface area contributed by atoms with E-state index in [9.17, 15) is 4.79 Å². The van der Waals surface area contributed by atoms with Gasteiger partial charge in [0.2, 0.25) is 0 Å². The Hall–Kier alpha value is -1.66. The fraction of sp³-hybridized carbons (Fsp3) is 0.250. The minimum atomic E-state index is 0.00677. The highest BCUT2D eigenvalue weighted by atomic mass is 32.2. The average molecular weight is 332 g/mol. The quantitative estimate of drug-likeness (QED) is 0.478. The molecule has 1 aliphatic rings. The maximum atomic E-state index is 12.9. The Morgan fingerprint density at radius 1 is 1.55 bits per heavy atom. The molecule has 2 aromatic rings. The molecule has 22 heavy (non-hydrogen) atoms. The molecule has 0 unspecified atom stereocenters. The predicted molar refractivity (Wildman–Crippen MR) is 91.7 cm³/mol. The Morgan fingerprint density at radius 2 is 2.41 bits per heavy atom. The molecule has 0 radical (unpaired) electrons. The van der Waals surface area contributed by atoms with E-state index in [1.165, 1.54) is 11.8 Å². The molecule has 0 fully saturated rings. The van der Waals surface area contributed by atoms with Crippen LogP contribution in [-0.4, -0.2) is 28.2 Å². The van der Waals surface area contributed by atoms with Gasteiger partial charge in [-0.1, -0.05) is 23.9 Å². The van der Waals surface area contributed by atoms with Crippen molar-refractivity contribution in [1.29, 1.82) is 0 Å². The molecule has 0 N–H and O–H groups in total. The summed E-state index contributed by atoms with van der Waals surface area (Å²) in [6, 6.07) is 7.49. The van der Waals surface area contributed by atoms with E-state index >= 15 is 0 Å². The van der Waals surface area contributed by atoms with Crippen LogP contribution in [0.1, 0.15) is 5.69 Å². The molecule has 114 valence electrons. The number of hydrogen-bond acceptors (Lipinski definition) is 5. The van der Waals surface area contributed by atoms with Crippen LogP contribution in [0.2, 0.25) is 0 Å². The molecule has 0 atom stereocenters. The first-order valence-electron chi connectivity index (χ1n) is 6.91. The number of aryl methyl sites for hydroxylation is 1. The molecule has 1 aromatic carbocycles. The summed E-state index contributed by atoms with van der Waals surface area (Å²) < 4.78 is 6.94. The van der Waals surface area contributed by atoms with Crippen molar-refractivity contribution in [3.63, 3.8) is 0 Å². The highest BCUT2D eigenvalue weighted by molar-refractivity contribution is 7.99. The number of rotatable bonds is 5. The molecule has 1 aromatic heterocycles. The van der Waals surface area contributed by atoms with Crippen LogP contribution in [0.4, 0.5) is 0 Å². The maximum Gasteiger partial charge on any atom is 0.272 e. The summed E-state index contributed by atoms with van der Waals surface area (Å²) in [4.78, 5) is 18.3. The molecular weight excluding hydrogens is 316 g/mol. The fourth-order valence-corrected chi connectivity index (χ4v) is 4.09. The Kier molecular flexibility index (Phi) is 4.59. The molecule has 1 aliphatic heterocycles. The summed E-state index contributed by atoms with van der Waals surface area (Å²) in [5.41, 5.74) is 1.70. The maximum absolute atomic E-state index is 12.9. The first-order valence-corrected chi connectivity index (χ1v) is 8.88. The van der Waals surface area contributed by atoms with Crippen LogP contribution in [0.25, 0.3) is 5.69 Å². The molecule has 0 spiro atoms. The zero-order valence-corrected chi connectivity index (χ0v) is 13.9. The van der Waals surface area contributed by atoms with Crippen LogP contribution in [0.5, 0.6) is 5.75 Å². The van der Waals surface area contributed by atoms with Gasteiger partial charge in [0, 0.05) is 24.0 Å². The molecule has 0 amide bonds. The number of aromatic nitrogens is 2. The predicted octanol–water partition coefficient (Wildman–Crippen LogP) is 3.17. The van der Waals surface area contributed by atoms with Gasteiger partial charge in [0.05, 0.1) is 23.4 Å². The van der Waals surface area contributed by atoms with E-state index in [1.807, 2.05) is 30.3 Å². The van der Waals surface area contributed by atoms with Gasteiger partial charge in [0.25, 0.3) is 5.56 Å².